The summed E-state index contributed by atoms with van der Waals surface area (Å²) in [6.07, 6.45) is 2.43. The molecule has 1 amide bonds. The lowest BCUT2D eigenvalue weighted by Crippen LogP contribution is -2.47. The van der Waals surface area contributed by atoms with E-state index in [2.05, 4.69) is 23.6 Å². The summed E-state index contributed by atoms with van der Waals surface area (Å²) in [6, 6.07) is 12.9. The van der Waals surface area contributed by atoms with E-state index in [1.54, 1.807) is 41.3 Å². The molecule has 0 aromatic heterocycles. The van der Waals surface area contributed by atoms with Gasteiger partial charge in [-0.25, -0.2) is 8.42 Å². The maximum absolute atomic E-state index is 13.3. The number of fused-ring (bicyclic) bond motifs is 1. The number of likely N-dealkylation sites (N-methyl/N-ethyl adjacent to an activating group) is 1. The van der Waals surface area contributed by atoms with Crippen LogP contribution < -0.4 is 9.46 Å². The fourth-order valence-corrected chi connectivity index (χ4v) is 5.72. The number of aliphatic hydroxyl groups is 1. The van der Waals surface area contributed by atoms with Crippen LogP contribution in [0.3, 0.4) is 0 Å². The zero-order valence-electron chi connectivity index (χ0n) is 21.3. The van der Waals surface area contributed by atoms with Crippen LogP contribution in [0.4, 0.5) is 5.69 Å². The van der Waals surface area contributed by atoms with E-state index < -0.39 is 10.0 Å². The van der Waals surface area contributed by atoms with Crippen molar-refractivity contribution in [2.24, 2.45) is 11.8 Å². The summed E-state index contributed by atoms with van der Waals surface area (Å²) in [5.41, 5.74) is 0.984. The SMILES string of the molecule is C[C@H](CO)N1C[C@H](C)[C@H](CN(C)CC2CC2)Oc2ccc(NS(=O)(=O)c3ccccc3)cc2CC1=O. The van der Waals surface area contributed by atoms with Crippen molar-refractivity contribution in [3.05, 3.63) is 54.1 Å². The number of carbonyl (C=O) groups excluding carboxylic acids is 1. The number of ether oxygens (including phenoxy) is 1. The van der Waals surface area contributed by atoms with Gasteiger partial charge in [-0.05, 0) is 63.1 Å². The van der Waals surface area contributed by atoms with E-state index in [9.17, 15) is 18.3 Å². The van der Waals surface area contributed by atoms with E-state index in [0.717, 1.165) is 19.0 Å². The largest absolute Gasteiger partial charge is 0.488 e. The highest BCUT2D eigenvalue weighted by atomic mass is 32.2. The molecule has 196 valence electrons. The summed E-state index contributed by atoms with van der Waals surface area (Å²) in [7, 11) is -1.67. The number of rotatable bonds is 9. The van der Waals surface area contributed by atoms with Crippen LogP contribution in [-0.4, -0.2) is 74.7 Å². The Bertz CT molecular complexity index is 1150. The Morgan fingerprint density at radius 2 is 1.89 bits per heavy atom. The van der Waals surface area contributed by atoms with Crippen molar-refractivity contribution in [2.75, 3.05) is 38.0 Å². The van der Waals surface area contributed by atoms with E-state index >= 15 is 0 Å². The van der Waals surface area contributed by atoms with Crippen LogP contribution in [-0.2, 0) is 21.2 Å². The molecule has 1 aliphatic heterocycles. The molecule has 0 radical (unpaired) electrons. The summed E-state index contributed by atoms with van der Waals surface area (Å²) < 4.78 is 34.8. The molecular formula is C27H37N3O5S. The molecule has 0 saturated heterocycles. The summed E-state index contributed by atoms with van der Waals surface area (Å²) >= 11 is 0. The maximum Gasteiger partial charge on any atom is 0.261 e. The van der Waals surface area contributed by atoms with Crippen LogP contribution in [0.1, 0.15) is 32.3 Å². The van der Waals surface area contributed by atoms with Crippen LogP contribution in [0.2, 0.25) is 0 Å². The highest BCUT2D eigenvalue weighted by Gasteiger charge is 2.32. The Morgan fingerprint density at radius 3 is 2.56 bits per heavy atom. The average molecular weight is 516 g/mol. The minimum Gasteiger partial charge on any atom is -0.488 e. The molecule has 1 fully saturated rings. The molecule has 0 unspecified atom stereocenters. The second-order valence-electron chi connectivity index (χ2n) is 10.3. The summed E-state index contributed by atoms with van der Waals surface area (Å²) in [4.78, 5) is 17.5. The number of hydrogen-bond donors (Lipinski definition) is 2. The highest BCUT2D eigenvalue weighted by molar-refractivity contribution is 7.92. The fourth-order valence-electron chi connectivity index (χ4n) is 4.65. The smallest absolute Gasteiger partial charge is 0.261 e. The normalized spacial score (nSPS) is 21.7. The molecule has 8 nitrogen and oxygen atoms in total. The molecule has 2 N–H and O–H groups in total. The number of benzene rings is 2. The van der Waals surface area contributed by atoms with Crippen molar-refractivity contribution < 1.29 is 23.1 Å². The zero-order chi connectivity index (χ0) is 25.9. The number of sulfonamides is 1. The standard InChI is InChI=1S/C27H37N3O5S/c1-19-15-30(20(2)18-31)27(32)14-22-13-23(28-36(33,34)24-7-5-4-6-8-24)11-12-25(22)35-26(19)17-29(3)16-21-9-10-21/h4-8,11-13,19-21,26,28,31H,9-10,14-18H2,1-3H3/t19-,20+,26-/m0/s1. The van der Waals surface area contributed by atoms with Gasteiger partial charge in [0.2, 0.25) is 5.91 Å². The monoisotopic (exact) mass is 515 g/mol. The molecule has 1 saturated carbocycles. The van der Waals surface area contributed by atoms with Crippen LogP contribution in [0.25, 0.3) is 0 Å². The van der Waals surface area contributed by atoms with Gasteiger partial charge in [0.05, 0.1) is 24.0 Å². The first-order valence-electron chi connectivity index (χ1n) is 12.6. The fraction of sp³-hybridized carbons (Fsp3) is 0.519. The number of carbonyl (C=O) groups is 1. The minimum absolute atomic E-state index is 0.0341. The van der Waals surface area contributed by atoms with E-state index in [1.807, 2.05) is 6.92 Å². The third-order valence-electron chi connectivity index (χ3n) is 6.98. The van der Waals surface area contributed by atoms with Crippen LogP contribution in [0.5, 0.6) is 5.75 Å². The molecule has 1 heterocycles. The molecule has 4 rings (SSSR count). The third-order valence-corrected chi connectivity index (χ3v) is 8.38. The lowest BCUT2D eigenvalue weighted by atomic mass is 10.0. The van der Waals surface area contributed by atoms with Gasteiger partial charge in [-0.3, -0.25) is 9.52 Å². The van der Waals surface area contributed by atoms with Gasteiger partial charge in [0.1, 0.15) is 11.9 Å². The van der Waals surface area contributed by atoms with Crippen molar-refractivity contribution >= 4 is 21.6 Å². The quantitative estimate of drug-likeness (QED) is 0.533. The van der Waals surface area contributed by atoms with Gasteiger partial charge >= 0.3 is 0 Å². The summed E-state index contributed by atoms with van der Waals surface area (Å²) in [5, 5.41) is 9.81. The molecular weight excluding hydrogens is 478 g/mol. The number of hydrogen-bond acceptors (Lipinski definition) is 6. The Morgan fingerprint density at radius 1 is 1.17 bits per heavy atom. The molecule has 0 spiro atoms. The van der Waals surface area contributed by atoms with Crippen LogP contribution in [0, 0.1) is 11.8 Å². The lowest BCUT2D eigenvalue weighted by molar-refractivity contribution is -0.134. The molecule has 3 atom stereocenters. The Hall–Kier alpha value is -2.62. The number of aliphatic hydroxyl groups excluding tert-OH is 1. The maximum atomic E-state index is 13.3. The molecule has 1 aliphatic carbocycles. The number of nitrogens with zero attached hydrogens (tertiary/aromatic N) is 2. The van der Waals surface area contributed by atoms with Gasteiger partial charge < -0.3 is 19.6 Å². The predicted octanol–water partition coefficient (Wildman–Crippen LogP) is 2.98. The Kier molecular flexibility index (Phi) is 8.22. The molecule has 0 bridgehead atoms. The van der Waals surface area contributed by atoms with Crippen molar-refractivity contribution in [2.45, 2.75) is 50.2 Å². The van der Waals surface area contributed by atoms with Gasteiger partial charge in [-0.15, -0.1) is 0 Å². The van der Waals surface area contributed by atoms with Crippen LogP contribution >= 0.6 is 0 Å². The topological polar surface area (TPSA) is 99.2 Å². The van der Waals surface area contributed by atoms with E-state index in [1.165, 1.54) is 25.0 Å². The van der Waals surface area contributed by atoms with Gasteiger partial charge in [-0.2, -0.15) is 0 Å². The molecule has 36 heavy (non-hydrogen) atoms. The first-order chi connectivity index (χ1) is 17.2. The van der Waals surface area contributed by atoms with Gasteiger partial charge in [0, 0.05) is 36.8 Å². The van der Waals surface area contributed by atoms with Crippen molar-refractivity contribution in [3.63, 3.8) is 0 Å². The lowest BCUT2D eigenvalue weighted by Gasteiger charge is -2.34. The van der Waals surface area contributed by atoms with Crippen LogP contribution in [0.15, 0.2) is 53.4 Å². The first kappa shape index (κ1) is 26.4. The van der Waals surface area contributed by atoms with Gasteiger partial charge in [0.15, 0.2) is 0 Å². The van der Waals surface area contributed by atoms with Crippen molar-refractivity contribution in [1.29, 1.82) is 0 Å². The molecule has 2 aromatic carbocycles. The molecule has 2 aliphatic rings. The zero-order valence-corrected chi connectivity index (χ0v) is 22.1. The number of nitrogens with one attached hydrogen (secondary N) is 1. The predicted molar refractivity (Wildman–Crippen MR) is 139 cm³/mol. The van der Waals surface area contributed by atoms with Gasteiger partial charge in [-0.1, -0.05) is 25.1 Å². The van der Waals surface area contributed by atoms with Gasteiger partial charge in [0.25, 0.3) is 10.0 Å². The second kappa shape index (κ2) is 11.2. The average Bonchev–Trinajstić information content (AvgIpc) is 3.66. The highest BCUT2D eigenvalue weighted by Crippen LogP contribution is 2.32. The first-order valence-corrected chi connectivity index (χ1v) is 14.1. The van der Waals surface area contributed by atoms with E-state index in [-0.39, 0.29) is 41.9 Å². The third kappa shape index (κ3) is 6.57. The number of amides is 1. The molecule has 2 aromatic rings. The Labute approximate surface area is 214 Å². The second-order valence-corrected chi connectivity index (χ2v) is 12.0. The Balaban J connectivity index is 1.63. The number of anilines is 1. The summed E-state index contributed by atoms with van der Waals surface area (Å²) in [5.74, 6) is 1.25. The minimum atomic E-state index is -3.77. The van der Waals surface area contributed by atoms with Crippen molar-refractivity contribution in [3.8, 4) is 5.75 Å². The van der Waals surface area contributed by atoms with E-state index in [0.29, 0.717) is 23.5 Å². The summed E-state index contributed by atoms with van der Waals surface area (Å²) in [6.45, 7) is 6.00. The van der Waals surface area contributed by atoms with Crippen molar-refractivity contribution in [1.82, 2.24) is 9.80 Å². The van der Waals surface area contributed by atoms with E-state index in [4.69, 9.17) is 4.74 Å². The molecule has 9 heteroatoms.